The summed E-state index contributed by atoms with van der Waals surface area (Å²) in [4.78, 5) is 9.79. The lowest BCUT2D eigenvalue weighted by Crippen LogP contribution is -2.12. The number of nitrogens with one attached hydrogen (secondary N) is 1. The summed E-state index contributed by atoms with van der Waals surface area (Å²) in [7, 11) is 0. The van der Waals surface area contributed by atoms with E-state index in [1.54, 1.807) is 11.3 Å². The Labute approximate surface area is 107 Å². The Morgan fingerprint density at radius 2 is 2.12 bits per heavy atom. The number of hydrogen-bond acceptors (Lipinski definition) is 4. The van der Waals surface area contributed by atoms with E-state index in [9.17, 15) is 0 Å². The minimum atomic E-state index is 0.788. The first-order chi connectivity index (χ1) is 7.79. The number of aromatic nitrogens is 2. The van der Waals surface area contributed by atoms with Gasteiger partial charge in [0.25, 0.3) is 0 Å². The van der Waals surface area contributed by atoms with Crippen molar-refractivity contribution >= 4 is 27.3 Å². The van der Waals surface area contributed by atoms with Crippen LogP contribution >= 0.6 is 27.3 Å². The van der Waals surface area contributed by atoms with E-state index in [1.165, 1.54) is 0 Å². The third-order valence-corrected chi connectivity index (χ3v) is 3.76. The van der Waals surface area contributed by atoms with Gasteiger partial charge in [-0.3, -0.25) is 0 Å². The Bertz CT molecular complexity index is 453. The van der Waals surface area contributed by atoms with Gasteiger partial charge in [-0.2, -0.15) is 0 Å². The van der Waals surface area contributed by atoms with Crippen molar-refractivity contribution in [2.75, 3.05) is 6.54 Å². The molecule has 0 aliphatic heterocycles. The molecule has 3 nitrogen and oxygen atoms in total. The largest absolute Gasteiger partial charge is 0.313 e. The SMILES string of the molecule is CCNCc1cnc(-c2cc(Br)cs2)nc1. The third-order valence-electron chi connectivity index (χ3n) is 2.07. The first-order valence-corrected chi connectivity index (χ1v) is 6.73. The minimum absolute atomic E-state index is 0.788. The first-order valence-electron chi connectivity index (χ1n) is 5.05. The maximum atomic E-state index is 4.35. The summed E-state index contributed by atoms with van der Waals surface area (Å²) in [6.45, 7) is 3.86. The van der Waals surface area contributed by atoms with Gasteiger partial charge in [0.2, 0.25) is 0 Å². The first kappa shape index (κ1) is 11.7. The highest BCUT2D eigenvalue weighted by atomic mass is 79.9. The maximum Gasteiger partial charge on any atom is 0.169 e. The number of nitrogens with zero attached hydrogens (tertiary/aromatic N) is 2. The Kier molecular flexibility index (Phi) is 4.04. The molecule has 84 valence electrons. The van der Waals surface area contributed by atoms with Crippen LogP contribution in [0.2, 0.25) is 0 Å². The van der Waals surface area contributed by atoms with Gasteiger partial charge in [-0.15, -0.1) is 11.3 Å². The maximum absolute atomic E-state index is 4.35. The molecule has 0 unspecified atom stereocenters. The monoisotopic (exact) mass is 297 g/mol. The molecule has 0 atom stereocenters. The number of hydrogen-bond donors (Lipinski definition) is 1. The minimum Gasteiger partial charge on any atom is -0.313 e. The lowest BCUT2D eigenvalue weighted by Gasteiger charge is -2.01. The smallest absolute Gasteiger partial charge is 0.169 e. The molecule has 1 N–H and O–H groups in total. The van der Waals surface area contributed by atoms with Crippen molar-refractivity contribution in [1.82, 2.24) is 15.3 Å². The van der Waals surface area contributed by atoms with Gasteiger partial charge < -0.3 is 5.32 Å². The lowest BCUT2D eigenvalue weighted by atomic mass is 10.3. The summed E-state index contributed by atoms with van der Waals surface area (Å²) in [6.07, 6.45) is 3.75. The second-order valence-corrected chi connectivity index (χ2v) is 5.15. The van der Waals surface area contributed by atoms with Gasteiger partial charge >= 0.3 is 0 Å². The zero-order chi connectivity index (χ0) is 11.4. The molecule has 2 heterocycles. The Hall–Kier alpha value is -0.780. The molecular weight excluding hydrogens is 286 g/mol. The predicted octanol–water partition coefficient (Wildman–Crippen LogP) is 3.08. The third kappa shape index (κ3) is 2.87. The van der Waals surface area contributed by atoms with E-state index in [-0.39, 0.29) is 0 Å². The Balaban J connectivity index is 2.13. The van der Waals surface area contributed by atoms with Crippen molar-refractivity contribution < 1.29 is 0 Å². The topological polar surface area (TPSA) is 37.8 Å². The highest BCUT2D eigenvalue weighted by Gasteiger charge is 2.04. The molecule has 0 saturated carbocycles. The van der Waals surface area contributed by atoms with Crippen LogP contribution in [0.5, 0.6) is 0 Å². The van der Waals surface area contributed by atoms with E-state index in [0.717, 1.165) is 33.8 Å². The molecule has 2 aromatic rings. The summed E-state index contributed by atoms with van der Waals surface area (Å²) in [5, 5.41) is 5.28. The molecule has 0 spiro atoms. The van der Waals surface area contributed by atoms with E-state index in [2.05, 4.69) is 38.1 Å². The molecule has 0 bridgehead atoms. The summed E-state index contributed by atoms with van der Waals surface area (Å²) in [6, 6.07) is 2.03. The lowest BCUT2D eigenvalue weighted by molar-refractivity contribution is 0.721. The van der Waals surface area contributed by atoms with Crippen molar-refractivity contribution in [2.45, 2.75) is 13.5 Å². The molecule has 0 aliphatic carbocycles. The molecule has 2 aromatic heterocycles. The summed E-state index contributed by atoms with van der Waals surface area (Å²) < 4.78 is 1.08. The van der Waals surface area contributed by atoms with Crippen LogP contribution in [0, 0.1) is 0 Å². The van der Waals surface area contributed by atoms with Crippen molar-refractivity contribution in [2.24, 2.45) is 0 Å². The molecule has 0 radical (unpaired) electrons. The van der Waals surface area contributed by atoms with Crippen molar-refractivity contribution in [3.05, 3.63) is 33.9 Å². The average Bonchev–Trinajstić information content (AvgIpc) is 2.74. The summed E-state index contributed by atoms with van der Waals surface area (Å²) in [5.74, 6) is 0.788. The van der Waals surface area contributed by atoms with Gasteiger partial charge in [-0.25, -0.2) is 9.97 Å². The van der Waals surface area contributed by atoms with E-state index < -0.39 is 0 Å². The van der Waals surface area contributed by atoms with Crippen molar-refractivity contribution in [1.29, 1.82) is 0 Å². The van der Waals surface area contributed by atoms with Gasteiger partial charge in [-0.1, -0.05) is 6.92 Å². The van der Waals surface area contributed by atoms with Crippen molar-refractivity contribution in [3.63, 3.8) is 0 Å². The molecular formula is C11H12BrN3S. The standard InChI is InChI=1S/C11H12BrN3S/c1-2-13-4-8-5-14-11(15-6-8)10-3-9(12)7-16-10/h3,5-7,13H,2,4H2,1H3. The average molecular weight is 298 g/mol. The van der Waals surface area contributed by atoms with Crippen LogP contribution in [0.3, 0.4) is 0 Å². The molecule has 0 aromatic carbocycles. The van der Waals surface area contributed by atoms with Crippen LogP contribution in [0.15, 0.2) is 28.3 Å². The van der Waals surface area contributed by atoms with Crippen LogP contribution in [0.1, 0.15) is 12.5 Å². The van der Waals surface area contributed by atoms with Crippen LogP contribution in [0.25, 0.3) is 10.7 Å². The van der Waals surface area contributed by atoms with Gasteiger partial charge in [0.15, 0.2) is 5.82 Å². The van der Waals surface area contributed by atoms with Gasteiger partial charge in [-0.05, 0) is 28.5 Å². The zero-order valence-electron chi connectivity index (χ0n) is 8.90. The molecule has 16 heavy (non-hydrogen) atoms. The summed E-state index contributed by atoms with van der Waals surface area (Å²) >= 11 is 5.06. The van der Waals surface area contributed by atoms with Crippen LogP contribution < -0.4 is 5.32 Å². The molecule has 0 fully saturated rings. The molecule has 5 heteroatoms. The second kappa shape index (κ2) is 5.52. The highest BCUT2D eigenvalue weighted by Crippen LogP contribution is 2.26. The summed E-state index contributed by atoms with van der Waals surface area (Å²) in [5.41, 5.74) is 1.11. The highest BCUT2D eigenvalue weighted by molar-refractivity contribution is 9.10. The van der Waals surface area contributed by atoms with Crippen LogP contribution in [0.4, 0.5) is 0 Å². The fourth-order valence-electron chi connectivity index (χ4n) is 1.27. The van der Waals surface area contributed by atoms with Crippen LogP contribution in [-0.2, 0) is 6.54 Å². The zero-order valence-corrected chi connectivity index (χ0v) is 11.3. The molecule has 0 saturated heterocycles. The normalized spacial score (nSPS) is 10.6. The van der Waals surface area contributed by atoms with E-state index >= 15 is 0 Å². The molecule has 0 aliphatic rings. The fourth-order valence-corrected chi connectivity index (χ4v) is 2.65. The molecule has 0 amide bonds. The van der Waals surface area contributed by atoms with E-state index in [0.29, 0.717) is 0 Å². The Morgan fingerprint density at radius 3 is 2.69 bits per heavy atom. The number of thiophene rings is 1. The van der Waals surface area contributed by atoms with Gasteiger partial charge in [0, 0.05) is 34.4 Å². The Morgan fingerprint density at radius 1 is 1.38 bits per heavy atom. The number of rotatable bonds is 4. The van der Waals surface area contributed by atoms with Gasteiger partial charge in [0.05, 0.1) is 4.88 Å². The van der Waals surface area contributed by atoms with Crippen molar-refractivity contribution in [3.8, 4) is 10.7 Å². The van der Waals surface area contributed by atoms with Gasteiger partial charge in [0.1, 0.15) is 0 Å². The van der Waals surface area contributed by atoms with Crippen LogP contribution in [-0.4, -0.2) is 16.5 Å². The molecule has 2 rings (SSSR count). The fraction of sp³-hybridized carbons (Fsp3) is 0.273. The quantitative estimate of drug-likeness (QED) is 0.942. The second-order valence-electron chi connectivity index (χ2n) is 3.32. The number of halogens is 1. The predicted molar refractivity (Wildman–Crippen MR) is 70.4 cm³/mol. The van der Waals surface area contributed by atoms with E-state index in [1.807, 2.05) is 23.8 Å². The van der Waals surface area contributed by atoms with E-state index in [4.69, 9.17) is 0 Å².